The first-order valence-corrected chi connectivity index (χ1v) is 14.1. The summed E-state index contributed by atoms with van der Waals surface area (Å²) in [6, 6.07) is 19.4. The summed E-state index contributed by atoms with van der Waals surface area (Å²) in [5.41, 5.74) is 2.42. The lowest BCUT2D eigenvalue weighted by atomic mass is 10.1. The summed E-state index contributed by atoms with van der Waals surface area (Å²) in [5, 5.41) is 3.81. The third kappa shape index (κ3) is 6.70. The average molecular weight is 610 g/mol. The van der Waals surface area contributed by atoms with Crippen LogP contribution in [0.15, 0.2) is 72.9 Å². The van der Waals surface area contributed by atoms with Crippen LogP contribution in [-0.4, -0.2) is 66.3 Å². The molecule has 0 bridgehead atoms. The Hall–Kier alpha value is -4.05. The van der Waals surface area contributed by atoms with E-state index in [4.69, 9.17) is 42.4 Å². The number of nitrogens with one attached hydrogen (secondary N) is 1. The van der Waals surface area contributed by atoms with Gasteiger partial charge in [-0.25, -0.2) is 4.98 Å². The first-order valence-electron chi connectivity index (χ1n) is 13.4. The standard InChI is InChI=1S/C31H30Cl2N4O5/c1-40-27-14-13-22(16-28(27)41-2)37-18-26(20-9-11-21(32)12-10-20)34-31(37)35-29(38)19-36(17-23-6-5-15-42-23)30(39)24-7-3-4-8-25(24)33/h3-4,7-14,16,18,23H,5-6,15,17,19H2,1-2H3,(H,34,35,38). The second kappa shape index (κ2) is 13.3. The van der Waals surface area contributed by atoms with Gasteiger partial charge in [-0.3, -0.25) is 19.5 Å². The van der Waals surface area contributed by atoms with E-state index in [-0.39, 0.29) is 31.0 Å². The summed E-state index contributed by atoms with van der Waals surface area (Å²) >= 11 is 12.4. The summed E-state index contributed by atoms with van der Waals surface area (Å²) in [6.45, 7) is 0.665. The molecule has 1 aliphatic heterocycles. The SMILES string of the molecule is COc1ccc(-n2cc(-c3ccc(Cl)cc3)nc2NC(=O)CN(CC2CCCO2)C(=O)c2ccccc2Cl)cc1OC. The number of hydrogen-bond donors (Lipinski definition) is 1. The third-order valence-corrected chi connectivity index (χ3v) is 7.50. The van der Waals surface area contributed by atoms with Gasteiger partial charge in [0, 0.05) is 36.0 Å². The van der Waals surface area contributed by atoms with Gasteiger partial charge in [0.15, 0.2) is 11.5 Å². The van der Waals surface area contributed by atoms with Gasteiger partial charge >= 0.3 is 0 Å². The zero-order valence-corrected chi connectivity index (χ0v) is 24.7. The molecule has 0 spiro atoms. The normalized spacial score (nSPS) is 14.4. The van der Waals surface area contributed by atoms with Crippen molar-refractivity contribution in [3.8, 4) is 28.4 Å². The Balaban J connectivity index is 1.46. The van der Waals surface area contributed by atoms with Crippen LogP contribution in [0.4, 0.5) is 5.95 Å². The molecule has 1 atom stereocenters. The summed E-state index contributed by atoms with van der Waals surface area (Å²) < 4.78 is 18.4. The number of aromatic nitrogens is 2. The molecule has 3 aromatic carbocycles. The van der Waals surface area contributed by atoms with E-state index >= 15 is 0 Å². The molecule has 5 rings (SSSR count). The first-order chi connectivity index (χ1) is 20.4. The van der Waals surface area contributed by atoms with Crippen molar-refractivity contribution >= 4 is 41.0 Å². The number of imidazole rings is 1. The lowest BCUT2D eigenvalue weighted by molar-refractivity contribution is -0.117. The highest BCUT2D eigenvalue weighted by molar-refractivity contribution is 6.33. The van der Waals surface area contributed by atoms with Crippen LogP contribution in [-0.2, 0) is 9.53 Å². The molecule has 0 radical (unpaired) electrons. The van der Waals surface area contributed by atoms with Gasteiger partial charge in [0.1, 0.15) is 6.54 Å². The maximum absolute atomic E-state index is 13.5. The Bertz CT molecular complexity index is 1570. The molecule has 0 aliphatic carbocycles. The molecule has 1 aliphatic rings. The lowest BCUT2D eigenvalue weighted by Gasteiger charge is -2.25. The van der Waals surface area contributed by atoms with Gasteiger partial charge in [0.2, 0.25) is 11.9 Å². The smallest absolute Gasteiger partial charge is 0.255 e. The Morgan fingerprint density at radius 3 is 2.50 bits per heavy atom. The van der Waals surface area contributed by atoms with Gasteiger partial charge in [-0.1, -0.05) is 47.5 Å². The first kappa shape index (κ1) is 29.4. The van der Waals surface area contributed by atoms with Crippen molar-refractivity contribution in [3.05, 3.63) is 88.5 Å². The van der Waals surface area contributed by atoms with Gasteiger partial charge in [0.05, 0.1) is 42.3 Å². The molecular formula is C31H30Cl2N4O5. The van der Waals surface area contributed by atoms with Gasteiger partial charge in [0.25, 0.3) is 5.91 Å². The fourth-order valence-electron chi connectivity index (χ4n) is 4.80. The fourth-order valence-corrected chi connectivity index (χ4v) is 5.14. The van der Waals surface area contributed by atoms with Crippen molar-refractivity contribution in [2.45, 2.75) is 18.9 Å². The number of methoxy groups -OCH3 is 2. The number of benzene rings is 3. The topological polar surface area (TPSA) is 94.9 Å². The lowest BCUT2D eigenvalue weighted by Crippen LogP contribution is -2.42. The van der Waals surface area contributed by atoms with Crippen LogP contribution < -0.4 is 14.8 Å². The molecule has 1 N–H and O–H groups in total. The van der Waals surface area contributed by atoms with Gasteiger partial charge in [-0.2, -0.15) is 0 Å². The van der Waals surface area contributed by atoms with E-state index in [1.54, 1.807) is 73.5 Å². The zero-order chi connectivity index (χ0) is 29.6. The van der Waals surface area contributed by atoms with Crippen LogP contribution in [0.25, 0.3) is 16.9 Å². The molecule has 42 heavy (non-hydrogen) atoms. The molecule has 11 heteroatoms. The number of ether oxygens (including phenoxy) is 3. The molecule has 218 valence electrons. The van der Waals surface area contributed by atoms with Gasteiger partial charge in [-0.15, -0.1) is 0 Å². The van der Waals surface area contributed by atoms with E-state index in [2.05, 4.69) is 5.32 Å². The molecule has 2 amide bonds. The number of carbonyl (C=O) groups excluding carboxylic acids is 2. The minimum absolute atomic E-state index is 0.158. The highest BCUT2D eigenvalue weighted by Gasteiger charge is 2.27. The number of amides is 2. The molecule has 9 nitrogen and oxygen atoms in total. The van der Waals surface area contributed by atoms with Crippen molar-refractivity contribution in [1.82, 2.24) is 14.5 Å². The largest absolute Gasteiger partial charge is 0.493 e. The highest BCUT2D eigenvalue weighted by atomic mass is 35.5. The Kier molecular flexibility index (Phi) is 9.31. The fraction of sp³-hybridized carbons (Fsp3) is 0.258. The van der Waals surface area contributed by atoms with Crippen LogP contribution >= 0.6 is 23.2 Å². The average Bonchev–Trinajstić information content (AvgIpc) is 3.67. The third-order valence-electron chi connectivity index (χ3n) is 6.92. The van der Waals surface area contributed by atoms with Crippen LogP contribution in [0.1, 0.15) is 23.2 Å². The molecule has 1 saturated heterocycles. The molecule has 1 aromatic heterocycles. The van der Waals surface area contributed by atoms with E-state index in [0.717, 1.165) is 18.4 Å². The monoisotopic (exact) mass is 608 g/mol. The Morgan fingerprint density at radius 2 is 1.81 bits per heavy atom. The van der Waals surface area contributed by atoms with Crippen LogP contribution in [0, 0.1) is 0 Å². The second-order valence-electron chi connectivity index (χ2n) is 9.71. The van der Waals surface area contributed by atoms with E-state index in [9.17, 15) is 9.59 Å². The number of anilines is 1. The number of hydrogen-bond acceptors (Lipinski definition) is 6. The molecule has 2 heterocycles. The Labute approximate surface area is 253 Å². The minimum Gasteiger partial charge on any atom is -0.493 e. The number of rotatable bonds is 10. The van der Waals surface area contributed by atoms with E-state index in [1.165, 1.54) is 4.90 Å². The van der Waals surface area contributed by atoms with Gasteiger partial charge < -0.3 is 19.1 Å². The van der Waals surface area contributed by atoms with E-state index in [0.29, 0.717) is 45.1 Å². The molecule has 0 saturated carbocycles. The summed E-state index contributed by atoms with van der Waals surface area (Å²) in [6.07, 6.45) is 3.36. The Morgan fingerprint density at radius 1 is 1.05 bits per heavy atom. The van der Waals surface area contributed by atoms with E-state index < -0.39 is 5.91 Å². The van der Waals surface area contributed by atoms with Crippen molar-refractivity contribution in [3.63, 3.8) is 0 Å². The van der Waals surface area contributed by atoms with Crippen molar-refractivity contribution in [2.75, 3.05) is 39.2 Å². The predicted molar refractivity (Wildman–Crippen MR) is 162 cm³/mol. The van der Waals surface area contributed by atoms with E-state index in [1.807, 2.05) is 18.2 Å². The maximum Gasteiger partial charge on any atom is 0.255 e. The zero-order valence-electron chi connectivity index (χ0n) is 23.2. The maximum atomic E-state index is 13.5. The predicted octanol–water partition coefficient (Wildman–Crippen LogP) is 6.12. The van der Waals surface area contributed by atoms with Gasteiger partial charge in [-0.05, 0) is 49.2 Å². The number of carbonyl (C=O) groups is 2. The number of halogens is 2. The molecule has 1 fully saturated rings. The van der Waals surface area contributed by atoms with Crippen LogP contribution in [0.2, 0.25) is 10.0 Å². The second-order valence-corrected chi connectivity index (χ2v) is 10.6. The summed E-state index contributed by atoms with van der Waals surface area (Å²) in [4.78, 5) is 33.2. The molecular weight excluding hydrogens is 579 g/mol. The molecule has 1 unspecified atom stereocenters. The molecule has 4 aromatic rings. The number of nitrogens with zero attached hydrogens (tertiary/aromatic N) is 3. The van der Waals surface area contributed by atoms with Crippen LogP contribution in [0.3, 0.4) is 0 Å². The summed E-state index contributed by atoms with van der Waals surface area (Å²) in [7, 11) is 3.11. The minimum atomic E-state index is -0.427. The quantitative estimate of drug-likeness (QED) is 0.233. The highest BCUT2D eigenvalue weighted by Crippen LogP contribution is 2.32. The van der Waals surface area contributed by atoms with Crippen molar-refractivity contribution in [2.24, 2.45) is 0 Å². The van der Waals surface area contributed by atoms with Crippen molar-refractivity contribution in [1.29, 1.82) is 0 Å². The van der Waals surface area contributed by atoms with Crippen LogP contribution in [0.5, 0.6) is 11.5 Å². The van der Waals surface area contributed by atoms with Crippen molar-refractivity contribution < 1.29 is 23.8 Å². The summed E-state index contributed by atoms with van der Waals surface area (Å²) in [5.74, 6) is 0.564.